The van der Waals surface area contributed by atoms with E-state index >= 15 is 0 Å². The van der Waals surface area contributed by atoms with Gasteiger partial charge in [-0.15, -0.1) is 0 Å². The number of benzene rings is 2. The molecule has 2 aromatic carbocycles. The number of hydrogen-bond acceptors (Lipinski definition) is 3. The van der Waals surface area contributed by atoms with Crippen molar-refractivity contribution in [3.8, 4) is 0 Å². The van der Waals surface area contributed by atoms with Crippen LogP contribution in [0.2, 0.25) is 0 Å². The molecular formula is C16H14BrF3N2O3S. The van der Waals surface area contributed by atoms with Gasteiger partial charge < -0.3 is 5.32 Å². The van der Waals surface area contributed by atoms with Gasteiger partial charge in [0, 0.05) is 17.2 Å². The van der Waals surface area contributed by atoms with Crippen LogP contribution in [0.4, 0.5) is 18.9 Å². The van der Waals surface area contributed by atoms with Crippen molar-refractivity contribution < 1.29 is 26.4 Å². The topological polar surface area (TPSA) is 66.5 Å². The summed E-state index contributed by atoms with van der Waals surface area (Å²) in [6.07, 6.45) is -4.54. The van der Waals surface area contributed by atoms with Gasteiger partial charge in [-0.2, -0.15) is 17.5 Å². The zero-order valence-electron chi connectivity index (χ0n) is 13.4. The number of likely N-dealkylation sites (N-methyl/N-ethyl adjacent to an activating group) is 1. The molecule has 0 aromatic heterocycles. The Morgan fingerprint density at radius 1 is 1.15 bits per heavy atom. The number of halogens is 4. The molecule has 0 radical (unpaired) electrons. The molecule has 0 spiro atoms. The summed E-state index contributed by atoms with van der Waals surface area (Å²) in [6.45, 7) is -0.547. The van der Waals surface area contributed by atoms with Crippen LogP contribution in [-0.4, -0.2) is 32.2 Å². The van der Waals surface area contributed by atoms with Crippen molar-refractivity contribution in [1.29, 1.82) is 0 Å². The van der Waals surface area contributed by atoms with E-state index in [2.05, 4.69) is 21.2 Å². The number of alkyl halides is 3. The van der Waals surface area contributed by atoms with Crippen molar-refractivity contribution in [2.24, 2.45) is 0 Å². The molecule has 0 bridgehead atoms. The van der Waals surface area contributed by atoms with Crippen LogP contribution >= 0.6 is 15.9 Å². The van der Waals surface area contributed by atoms with Crippen LogP contribution in [-0.2, 0) is 21.0 Å². The molecule has 10 heteroatoms. The minimum Gasteiger partial charge on any atom is -0.325 e. The first-order valence-electron chi connectivity index (χ1n) is 7.19. The van der Waals surface area contributed by atoms with E-state index in [9.17, 15) is 26.4 Å². The van der Waals surface area contributed by atoms with E-state index < -0.39 is 34.2 Å². The molecule has 0 atom stereocenters. The molecule has 2 rings (SSSR count). The maximum absolute atomic E-state index is 12.7. The lowest BCUT2D eigenvalue weighted by Gasteiger charge is -2.17. The minimum absolute atomic E-state index is 0.00457. The monoisotopic (exact) mass is 450 g/mol. The van der Waals surface area contributed by atoms with Gasteiger partial charge in [0.05, 0.1) is 17.0 Å². The van der Waals surface area contributed by atoms with Gasteiger partial charge in [-0.3, -0.25) is 4.79 Å². The Morgan fingerprint density at radius 2 is 1.77 bits per heavy atom. The Morgan fingerprint density at radius 3 is 2.35 bits per heavy atom. The third kappa shape index (κ3) is 5.05. The second-order valence-electron chi connectivity index (χ2n) is 5.34. The fraction of sp³-hybridized carbons (Fsp3) is 0.188. The minimum atomic E-state index is -4.54. The number of anilines is 1. The number of carbonyl (C=O) groups excluding carboxylic acids is 1. The van der Waals surface area contributed by atoms with Crippen molar-refractivity contribution in [3.63, 3.8) is 0 Å². The molecule has 0 fully saturated rings. The second-order valence-corrected chi connectivity index (χ2v) is 8.30. The standard InChI is InChI=1S/C16H14BrF3N2O3S/c1-22(26(24,25)14-7-5-12(17)6-8-14)10-15(23)21-13-4-2-3-11(9-13)16(18,19)20/h2-9H,10H2,1H3,(H,21,23). The molecular weight excluding hydrogens is 437 g/mol. The zero-order valence-corrected chi connectivity index (χ0v) is 15.8. The Hall–Kier alpha value is -1.91. The van der Waals surface area contributed by atoms with E-state index in [1.165, 1.54) is 25.2 Å². The number of hydrogen-bond donors (Lipinski definition) is 1. The molecule has 0 saturated carbocycles. The fourth-order valence-corrected chi connectivity index (χ4v) is 3.44. The van der Waals surface area contributed by atoms with Gasteiger partial charge in [0.1, 0.15) is 0 Å². The van der Waals surface area contributed by atoms with Crippen LogP contribution < -0.4 is 5.32 Å². The van der Waals surface area contributed by atoms with E-state index in [-0.39, 0.29) is 10.6 Å². The lowest BCUT2D eigenvalue weighted by Crippen LogP contribution is -2.35. The highest BCUT2D eigenvalue weighted by molar-refractivity contribution is 9.10. The SMILES string of the molecule is CN(CC(=O)Nc1cccc(C(F)(F)F)c1)S(=O)(=O)c1ccc(Br)cc1. The van der Waals surface area contributed by atoms with Gasteiger partial charge in [0.25, 0.3) is 0 Å². The number of nitrogens with zero attached hydrogens (tertiary/aromatic N) is 1. The number of rotatable bonds is 5. The van der Waals surface area contributed by atoms with Crippen molar-refractivity contribution in [1.82, 2.24) is 4.31 Å². The lowest BCUT2D eigenvalue weighted by molar-refractivity contribution is -0.137. The maximum Gasteiger partial charge on any atom is 0.416 e. The van der Waals surface area contributed by atoms with Gasteiger partial charge in [-0.25, -0.2) is 8.42 Å². The third-order valence-corrected chi connectivity index (χ3v) is 5.71. The number of sulfonamides is 1. The summed E-state index contributed by atoms with van der Waals surface area (Å²) in [5, 5.41) is 2.27. The van der Waals surface area contributed by atoms with Gasteiger partial charge >= 0.3 is 6.18 Å². The molecule has 0 saturated heterocycles. The first-order chi connectivity index (χ1) is 12.0. The quantitative estimate of drug-likeness (QED) is 0.754. The van der Waals surface area contributed by atoms with Crippen LogP contribution in [0.5, 0.6) is 0 Å². The Labute approximate surface area is 157 Å². The van der Waals surface area contributed by atoms with Crippen molar-refractivity contribution in [2.75, 3.05) is 18.9 Å². The second kappa shape index (κ2) is 7.77. The summed E-state index contributed by atoms with van der Waals surface area (Å²) in [5.41, 5.74) is -0.981. The van der Waals surface area contributed by atoms with Crippen molar-refractivity contribution >= 4 is 37.5 Å². The molecule has 0 aliphatic rings. The molecule has 140 valence electrons. The van der Waals surface area contributed by atoms with Crippen LogP contribution in [0.1, 0.15) is 5.56 Å². The van der Waals surface area contributed by atoms with Gasteiger partial charge in [-0.05, 0) is 42.5 Å². The largest absolute Gasteiger partial charge is 0.416 e. The summed E-state index contributed by atoms with van der Waals surface area (Å²) in [6, 6.07) is 9.94. The molecule has 1 N–H and O–H groups in total. The molecule has 1 amide bonds. The fourth-order valence-electron chi connectivity index (χ4n) is 2.05. The predicted molar refractivity (Wildman–Crippen MR) is 94.0 cm³/mol. The molecule has 5 nitrogen and oxygen atoms in total. The van der Waals surface area contributed by atoms with E-state index in [1.807, 2.05) is 0 Å². The summed E-state index contributed by atoms with van der Waals surface area (Å²) in [7, 11) is -2.69. The summed E-state index contributed by atoms with van der Waals surface area (Å²) in [5.74, 6) is -0.757. The zero-order chi connectivity index (χ0) is 19.5. The van der Waals surface area contributed by atoms with E-state index in [0.717, 1.165) is 22.5 Å². The molecule has 0 aliphatic carbocycles. The lowest BCUT2D eigenvalue weighted by atomic mass is 10.2. The van der Waals surface area contributed by atoms with Crippen LogP contribution in [0, 0.1) is 0 Å². The first-order valence-corrected chi connectivity index (χ1v) is 9.42. The number of carbonyl (C=O) groups is 1. The van der Waals surface area contributed by atoms with E-state index in [1.54, 1.807) is 12.1 Å². The van der Waals surface area contributed by atoms with Crippen LogP contribution in [0.25, 0.3) is 0 Å². The van der Waals surface area contributed by atoms with Crippen LogP contribution in [0.3, 0.4) is 0 Å². The van der Waals surface area contributed by atoms with Crippen molar-refractivity contribution in [3.05, 3.63) is 58.6 Å². The van der Waals surface area contributed by atoms with Gasteiger partial charge in [0.15, 0.2) is 0 Å². The van der Waals surface area contributed by atoms with E-state index in [0.29, 0.717) is 4.47 Å². The van der Waals surface area contributed by atoms with Crippen molar-refractivity contribution in [2.45, 2.75) is 11.1 Å². The third-order valence-electron chi connectivity index (χ3n) is 3.36. The van der Waals surface area contributed by atoms with Gasteiger partial charge in [-0.1, -0.05) is 22.0 Å². The predicted octanol–water partition coefficient (Wildman–Crippen LogP) is 3.73. The highest BCUT2D eigenvalue weighted by atomic mass is 79.9. The molecule has 26 heavy (non-hydrogen) atoms. The van der Waals surface area contributed by atoms with E-state index in [4.69, 9.17) is 0 Å². The first kappa shape index (κ1) is 20.4. The Kier molecular flexibility index (Phi) is 6.09. The van der Waals surface area contributed by atoms with Gasteiger partial charge in [0.2, 0.25) is 15.9 Å². The maximum atomic E-state index is 12.7. The smallest absolute Gasteiger partial charge is 0.325 e. The average molecular weight is 451 g/mol. The summed E-state index contributed by atoms with van der Waals surface area (Å²) < 4.78 is 64.4. The number of nitrogens with one attached hydrogen (secondary N) is 1. The molecule has 0 unspecified atom stereocenters. The van der Waals surface area contributed by atoms with Crippen LogP contribution in [0.15, 0.2) is 57.9 Å². The Balaban J connectivity index is 2.09. The average Bonchev–Trinajstić information content (AvgIpc) is 2.54. The highest BCUT2D eigenvalue weighted by Crippen LogP contribution is 2.30. The Bertz CT molecular complexity index is 900. The summed E-state index contributed by atoms with van der Waals surface area (Å²) in [4.78, 5) is 12.0. The molecule has 0 aliphatic heterocycles. The molecule has 0 heterocycles. The normalized spacial score (nSPS) is 12.2. The highest BCUT2D eigenvalue weighted by Gasteiger charge is 2.30. The molecule has 2 aromatic rings. The number of amides is 1. The summed E-state index contributed by atoms with van der Waals surface area (Å²) >= 11 is 3.19.